The van der Waals surface area contributed by atoms with Crippen molar-refractivity contribution in [1.29, 1.82) is 0 Å². The summed E-state index contributed by atoms with van der Waals surface area (Å²) < 4.78 is 5.23. The standard InChI is InChI=1S/C12H17NO3/c1-4-9(3)10-6-7-12(16-5-2)11(8-10)13(14)15/h6-9H,4-5H2,1-3H3. The van der Waals surface area contributed by atoms with Crippen LogP contribution in [-0.4, -0.2) is 11.5 Å². The first-order valence-corrected chi connectivity index (χ1v) is 5.51. The molecule has 0 heterocycles. The maximum atomic E-state index is 10.9. The van der Waals surface area contributed by atoms with Gasteiger partial charge in [0.25, 0.3) is 0 Å². The molecule has 0 aliphatic heterocycles. The Morgan fingerprint density at radius 3 is 2.62 bits per heavy atom. The molecule has 4 heteroatoms. The zero-order chi connectivity index (χ0) is 12.1. The first-order chi connectivity index (χ1) is 7.60. The van der Waals surface area contributed by atoms with Crippen molar-refractivity contribution in [2.45, 2.75) is 33.1 Å². The van der Waals surface area contributed by atoms with Crippen molar-refractivity contribution in [3.63, 3.8) is 0 Å². The molecule has 4 nitrogen and oxygen atoms in total. The van der Waals surface area contributed by atoms with Gasteiger partial charge in [-0.2, -0.15) is 0 Å². The van der Waals surface area contributed by atoms with Gasteiger partial charge in [-0.15, -0.1) is 0 Å². The lowest BCUT2D eigenvalue weighted by molar-refractivity contribution is -0.385. The number of rotatable bonds is 5. The van der Waals surface area contributed by atoms with Crippen molar-refractivity contribution in [2.75, 3.05) is 6.61 Å². The molecular formula is C12H17NO3. The highest BCUT2D eigenvalue weighted by Gasteiger charge is 2.17. The van der Waals surface area contributed by atoms with Gasteiger partial charge >= 0.3 is 5.69 Å². The van der Waals surface area contributed by atoms with Crippen LogP contribution in [-0.2, 0) is 0 Å². The number of nitro benzene ring substituents is 1. The molecule has 0 aliphatic carbocycles. The maximum absolute atomic E-state index is 10.9. The normalized spacial score (nSPS) is 12.2. The van der Waals surface area contributed by atoms with Gasteiger partial charge < -0.3 is 4.74 Å². The second kappa shape index (κ2) is 5.49. The summed E-state index contributed by atoms with van der Waals surface area (Å²) >= 11 is 0. The predicted octanol–water partition coefficient (Wildman–Crippen LogP) is 3.51. The molecule has 0 saturated heterocycles. The van der Waals surface area contributed by atoms with Crippen LogP contribution < -0.4 is 4.74 Å². The predicted molar refractivity (Wildman–Crippen MR) is 63.0 cm³/mol. The minimum Gasteiger partial charge on any atom is -0.487 e. The number of nitro groups is 1. The minimum atomic E-state index is -0.392. The summed E-state index contributed by atoms with van der Waals surface area (Å²) in [6.45, 7) is 6.36. The Labute approximate surface area is 95.4 Å². The molecule has 0 spiro atoms. The summed E-state index contributed by atoms with van der Waals surface area (Å²) in [7, 11) is 0. The van der Waals surface area contributed by atoms with E-state index in [2.05, 4.69) is 13.8 Å². The van der Waals surface area contributed by atoms with Gasteiger partial charge in [0.05, 0.1) is 11.5 Å². The zero-order valence-electron chi connectivity index (χ0n) is 9.90. The first kappa shape index (κ1) is 12.5. The minimum absolute atomic E-state index is 0.0552. The largest absolute Gasteiger partial charge is 0.487 e. The number of ether oxygens (including phenoxy) is 1. The van der Waals surface area contributed by atoms with E-state index in [0.29, 0.717) is 18.3 Å². The van der Waals surface area contributed by atoms with Crippen LogP contribution >= 0.6 is 0 Å². The molecule has 0 amide bonds. The number of hydrogen-bond donors (Lipinski definition) is 0. The molecule has 0 aromatic heterocycles. The summed E-state index contributed by atoms with van der Waals surface area (Å²) in [6.07, 6.45) is 0.963. The molecule has 0 fully saturated rings. The molecular weight excluding hydrogens is 206 g/mol. The van der Waals surface area contributed by atoms with E-state index in [-0.39, 0.29) is 5.69 Å². The van der Waals surface area contributed by atoms with Crippen LogP contribution in [0, 0.1) is 10.1 Å². The van der Waals surface area contributed by atoms with Crippen LogP contribution in [0.4, 0.5) is 5.69 Å². The van der Waals surface area contributed by atoms with Gasteiger partial charge in [-0.05, 0) is 30.9 Å². The number of benzene rings is 1. The van der Waals surface area contributed by atoms with Gasteiger partial charge in [0.2, 0.25) is 0 Å². The van der Waals surface area contributed by atoms with Crippen LogP contribution in [0.5, 0.6) is 5.75 Å². The lowest BCUT2D eigenvalue weighted by atomic mass is 9.98. The number of hydrogen-bond acceptors (Lipinski definition) is 3. The molecule has 88 valence electrons. The molecule has 0 bridgehead atoms. The van der Waals surface area contributed by atoms with Crippen molar-refractivity contribution in [3.8, 4) is 5.75 Å². The van der Waals surface area contributed by atoms with Crippen molar-refractivity contribution in [1.82, 2.24) is 0 Å². The Bertz CT molecular complexity index is 377. The Hall–Kier alpha value is -1.58. The molecule has 1 aromatic rings. The van der Waals surface area contributed by atoms with E-state index >= 15 is 0 Å². The molecule has 1 aromatic carbocycles. The Morgan fingerprint density at radius 2 is 2.12 bits per heavy atom. The van der Waals surface area contributed by atoms with Gasteiger partial charge in [0.15, 0.2) is 5.75 Å². The van der Waals surface area contributed by atoms with Crippen molar-refractivity contribution in [3.05, 3.63) is 33.9 Å². The highest BCUT2D eigenvalue weighted by molar-refractivity contribution is 5.49. The highest BCUT2D eigenvalue weighted by Crippen LogP contribution is 2.31. The van der Waals surface area contributed by atoms with E-state index in [4.69, 9.17) is 4.74 Å². The molecule has 0 saturated carbocycles. The summed E-state index contributed by atoms with van der Waals surface area (Å²) in [5.41, 5.74) is 1.04. The van der Waals surface area contributed by atoms with Crippen molar-refractivity contribution >= 4 is 5.69 Å². The topological polar surface area (TPSA) is 52.4 Å². The third-order valence-corrected chi connectivity index (χ3v) is 2.66. The van der Waals surface area contributed by atoms with Crippen molar-refractivity contribution < 1.29 is 9.66 Å². The molecule has 1 atom stereocenters. The zero-order valence-corrected chi connectivity index (χ0v) is 9.90. The second-order valence-corrected chi connectivity index (χ2v) is 3.73. The fraction of sp³-hybridized carbons (Fsp3) is 0.500. The summed E-state index contributed by atoms with van der Waals surface area (Å²) in [6, 6.07) is 5.19. The highest BCUT2D eigenvalue weighted by atomic mass is 16.6. The van der Waals surface area contributed by atoms with Gasteiger partial charge in [-0.25, -0.2) is 0 Å². The number of nitrogens with zero attached hydrogens (tertiary/aromatic N) is 1. The van der Waals surface area contributed by atoms with Crippen molar-refractivity contribution in [2.24, 2.45) is 0 Å². The van der Waals surface area contributed by atoms with Crippen LogP contribution in [0.15, 0.2) is 18.2 Å². The second-order valence-electron chi connectivity index (χ2n) is 3.73. The first-order valence-electron chi connectivity index (χ1n) is 5.51. The van der Waals surface area contributed by atoms with Gasteiger partial charge in [0.1, 0.15) is 0 Å². The summed E-state index contributed by atoms with van der Waals surface area (Å²) in [4.78, 5) is 10.5. The molecule has 0 radical (unpaired) electrons. The van der Waals surface area contributed by atoms with E-state index in [1.54, 1.807) is 12.1 Å². The third kappa shape index (κ3) is 2.72. The Balaban J connectivity index is 3.12. The summed E-state index contributed by atoms with van der Waals surface area (Å²) in [5, 5.41) is 10.9. The van der Waals surface area contributed by atoms with Crippen LogP contribution in [0.25, 0.3) is 0 Å². The van der Waals surface area contributed by atoms with Gasteiger partial charge in [-0.3, -0.25) is 10.1 Å². The van der Waals surface area contributed by atoms with E-state index in [1.165, 1.54) is 0 Å². The van der Waals surface area contributed by atoms with E-state index in [0.717, 1.165) is 12.0 Å². The van der Waals surface area contributed by atoms with E-state index in [9.17, 15) is 10.1 Å². The third-order valence-electron chi connectivity index (χ3n) is 2.66. The van der Waals surface area contributed by atoms with Crippen LogP contribution in [0.2, 0.25) is 0 Å². The quantitative estimate of drug-likeness (QED) is 0.567. The smallest absolute Gasteiger partial charge is 0.311 e. The summed E-state index contributed by atoms with van der Waals surface area (Å²) in [5.74, 6) is 0.675. The van der Waals surface area contributed by atoms with Gasteiger partial charge in [-0.1, -0.05) is 19.9 Å². The molecule has 16 heavy (non-hydrogen) atoms. The molecule has 1 rings (SSSR count). The Kier molecular flexibility index (Phi) is 4.28. The monoisotopic (exact) mass is 223 g/mol. The SMILES string of the molecule is CCOc1ccc(C(C)CC)cc1[N+](=O)[O-]. The fourth-order valence-corrected chi connectivity index (χ4v) is 1.50. The molecule has 0 N–H and O–H groups in total. The fourth-order valence-electron chi connectivity index (χ4n) is 1.50. The maximum Gasteiger partial charge on any atom is 0.311 e. The average molecular weight is 223 g/mol. The average Bonchev–Trinajstić information content (AvgIpc) is 2.28. The Morgan fingerprint density at radius 1 is 1.44 bits per heavy atom. The van der Waals surface area contributed by atoms with E-state index < -0.39 is 4.92 Å². The molecule has 0 aliphatic rings. The van der Waals surface area contributed by atoms with Gasteiger partial charge in [0, 0.05) is 6.07 Å². The van der Waals surface area contributed by atoms with Crippen LogP contribution in [0.1, 0.15) is 38.7 Å². The lowest BCUT2D eigenvalue weighted by Crippen LogP contribution is -2.00. The van der Waals surface area contributed by atoms with E-state index in [1.807, 2.05) is 13.0 Å². The lowest BCUT2D eigenvalue weighted by Gasteiger charge is -2.10. The molecule has 1 unspecified atom stereocenters. The van der Waals surface area contributed by atoms with Crippen LogP contribution in [0.3, 0.4) is 0 Å².